The van der Waals surface area contributed by atoms with E-state index >= 15 is 0 Å². The quantitative estimate of drug-likeness (QED) is 0.645. The molecule has 0 aliphatic carbocycles. The highest BCUT2D eigenvalue weighted by Gasteiger charge is 2.13. The second-order valence-corrected chi connectivity index (χ2v) is 7.14. The van der Waals surface area contributed by atoms with Crippen LogP contribution in [0, 0.1) is 5.92 Å². The summed E-state index contributed by atoms with van der Waals surface area (Å²) in [6.45, 7) is 4.16. The summed E-state index contributed by atoms with van der Waals surface area (Å²) in [6.07, 6.45) is 0.583. The lowest BCUT2D eigenvalue weighted by atomic mass is 10.2. The highest BCUT2D eigenvalue weighted by atomic mass is 16.5. The average molecular weight is 394 g/mol. The number of carbonyl (C=O) groups excluding carboxylic acids is 2. The van der Waals surface area contributed by atoms with Crippen molar-refractivity contribution in [1.82, 2.24) is 14.9 Å². The molecule has 3 aromatic rings. The minimum atomic E-state index is -0.181. The van der Waals surface area contributed by atoms with Crippen LogP contribution in [-0.4, -0.2) is 35.0 Å². The molecule has 1 aromatic heterocycles. The zero-order valence-corrected chi connectivity index (χ0v) is 17.2. The summed E-state index contributed by atoms with van der Waals surface area (Å²) in [7, 11) is 3.49. The Morgan fingerprint density at radius 1 is 1.17 bits per heavy atom. The van der Waals surface area contributed by atoms with Gasteiger partial charge in [0.15, 0.2) is 0 Å². The van der Waals surface area contributed by atoms with Crippen molar-refractivity contribution in [2.45, 2.75) is 20.3 Å². The van der Waals surface area contributed by atoms with E-state index in [0.717, 1.165) is 22.5 Å². The lowest BCUT2D eigenvalue weighted by molar-refractivity contribution is -0.118. The molecule has 0 saturated carbocycles. The normalized spacial score (nSPS) is 10.9. The first-order valence-corrected chi connectivity index (χ1v) is 9.58. The largest absolute Gasteiger partial charge is 0.496 e. The molecule has 0 atom stereocenters. The van der Waals surface area contributed by atoms with Gasteiger partial charge in [-0.2, -0.15) is 0 Å². The first kappa shape index (κ1) is 20.4. The molecule has 3 rings (SSSR count). The van der Waals surface area contributed by atoms with Gasteiger partial charge < -0.3 is 19.9 Å². The highest BCUT2D eigenvalue weighted by molar-refractivity contribution is 5.97. The number of fused-ring (bicyclic) bond motifs is 1. The van der Waals surface area contributed by atoms with Crippen molar-refractivity contribution in [3.63, 3.8) is 0 Å². The number of carbonyl (C=O) groups is 2. The molecular weight excluding hydrogens is 368 g/mol. The number of hydrogen-bond acceptors (Lipinski definition) is 4. The summed E-state index contributed by atoms with van der Waals surface area (Å²) in [5.41, 5.74) is 3.01. The summed E-state index contributed by atoms with van der Waals surface area (Å²) < 4.78 is 7.23. The second kappa shape index (κ2) is 8.77. The van der Waals surface area contributed by atoms with Crippen molar-refractivity contribution in [1.29, 1.82) is 0 Å². The van der Waals surface area contributed by atoms with Crippen LogP contribution in [-0.2, 0) is 18.3 Å². The van der Waals surface area contributed by atoms with E-state index in [9.17, 15) is 9.59 Å². The van der Waals surface area contributed by atoms with E-state index in [2.05, 4.69) is 15.6 Å². The van der Waals surface area contributed by atoms with Gasteiger partial charge in [-0.15, -0.1) is 0 Å². The SMILES string of the molecule is COc1ccccc1C(=O)NCCc1nc2cc(NC(=O)C(C)C)ccc2n1C. The summed E-state index contributed by atoms with van der Waals surface area (Å²) >= 11 is 0. The van der Waals surface area contributed by atoms with Crippen LogP contribution in [0.1, 0.15) is 30.0 Å². The number of amides is 2. The van der Waals surface area contributed by atoms with Crippen LogP contribution < -0.4 is 15.4 Å². The van der Waals surface area contributed by atoms with Crippen LogP contribution in [0.15, 0.2) is 42.5 Å². The number of rotatable bonds is 7. The van der Waals surface area contributed by atoms with Crippen molar-refractivity contribution >= 4 is 28.5 Å². The molecule has 2 amide bonds. The van der Waals surface area contributed by atoms with Gasteiger partial charge in [-0.1, -0.05) is 26.0 Å². The van der Waals surface area contributed by atoms with Crippen molar-refractivity contribution in [2.24, 2.45) is 13.0 Å². The van der Waals surface area contributed by atoms with Crippen LogP contribution in [0.2, 0.25) is 0 Å². The standard InChI is InChI=1S/C22H26N4O3/c1-14(2)21(27)24-15-9-10-18-17(13-15)25-20(26(18)3)11-12-23-22(28)16-7-5-6-8-19(16)29-4/h5-10,13-14H,11-12H2,1-4H3,(H,23,28)(H,24,27). The van der Waals surface area contributed by atoms with Crippen LogP contribution in [0.4, 0.5) is 5.69 Å². The number of hydrogen-bond donors (Lipinski definition) is 2. The topological polar surface area (TPSA) is 85.2 Å². The van der Waals surface area contributed by atoms with E-state index in [-0.39, 0.29) is 17.7 Å². The molecule has 29 heavy (non-hydrogen) atoms. The van der Waals surface area contributed by atoms with E-state index < -0.39 is 0 Å². The molecule has 2 N–H and O–H groups in total. The molecule has 1 heterocycles. The first-order chi connectivity index (χ1) is 13.9. The molecule has 0 radical (unpaired) electrons. The van der Waals surface area contributed by atoms with E-state index in [0.29, 0.717) is 24.3 Å². The minimum absolute atomic E-state index is 0.0282. The van der Waals surface area contributed by atoms with Crippen molar-refractivity contribution in [2.75, 3.05) is 19.0 Å². The molecule has 7 nitrogen and oxygen atoms in total. The predicted molar refractivity (Wildman–Crippen MR) is 113 cm³/mol. The molecule has 0 saturated heterocycles. The molecule has 0 aliphatic rings. The third-order valence-corrected chi connectivity index (χ3v) is 4.75. The number of nitrogens with zero attached hydrogens (tertiary/aromatic N) is 2. The summed E-state index contributed by atoms with van der Waals surface area (Å²) in [5.74, 6) is 1.10. The number of anilines is 1. The molecule has 0 spiro atoms. The molecule has 152 valence electrons. The number of benzene rings is 2. The number of nitrogens with one attached hydrogen (secondary N) is 2. The number of methoxy groups -OCH3 is 1. The van der Waals surface area contributed by atoms with Crippen molar-refractivity contribution in [3.8, 4) is 5.75 Å². The summed E-state index contributed by atoms with van der Waals surface area (Å²) in [4.78, 5) is 29.0. The minimum Gasteiger partial charge on any atom is -0.496 e. The summed E-state index contributed by atoms with van der Waals surface area (Å²) in [6, 6.07) is 12.8. The maximum Gasteiger partial charge on any atom is 0.255 e. The molecular formula is C22H26N4O3. The third kappa shape index (κ3) is 4.56. The van der Waals surface area contributed by atoms with Gasteiger partial charge in [-0.3, -0.25) is 9.59 Å². The van der Waals surface area contributed by atoms with Crippen LogP contribution in [0.25, 0.3) is 11.0 Å². The Labute approximate surface area is 170 Å². The number of aromatic nitrogens is 2. The Balaban J connectivity index is 1.68. The van der Waals surface area contributed by atoms with Crippen molar-refractivity contribution in [3.05, 3.63) is 53.9 Å². The van der Waals surface area contributed by atoms with Gasteiger partial charge in [0.1, 0.15) is 11.6 Å². The lowest BCUT2D eigenvalue weighted by Gasteiger charge is -2.09. The van der Waals surface area contributed by atoms with Crippen molar-refractivity contribution < 1.29 is 14.3 Å². The van der Waals surface area contributed by atoms with Gasteiger partial charge in [-0.25, -0.2) is 4.98 Å². The zero-order valence-electron chi connectivity index (χ0n) is 17.2. The fourth-order valence-corrected chi connectivity index (χ4v) is 3.05. The van der Waals surface area contributed by atoms with Gasteiger partial charge in [0.2, 0.25) is 5.91 Å². The van der Waals surface area contributed by atoms with E-state index in [1.54, 1.807) is 25.3 Å². The maximum atomic E-state index is 12.4. The highest BCUT2D eigenvalue weighted by Crippen LogP contribution is 2.21. The number of para-hydroxylation sites is 1. The van der Waals surface area contributed by atoms with E-state index in [4.69, 9.17) is 4.74 Å². The number of aryl methyl sites for hydroxylation is 1. The van der Waals surface area contributed by atoms with Crippen LogP contribution in [0.3, 0.4) is 0 Å². The van der Waals surface area contributed by atoms with Gasteiger partial charge >= 0.3 is 0 Å². The number of imidazole rings is 1. The lowest BCUT2D eigenvalue weighted by Crippen LogP contribution is -2.26. The third-order valence-electron chi connectivity index (χ3n) is 4.75. The van der Waals surface area contributed by atoms with Crippen LogP contribution >= 0.6 is 0 Å². The van der Waals surface area contributed by atoms with Crippen LogP contribution in [0.5, 0.6) is 5.75 Å². The molecule has 0 unspecified atom stereocenters. The Bertz CT molecular complexity index is 1040. The first-order valence-electron chi connectivity index (χ1n) is 9.58. The molecule has 2 aromatic carbocycles. The molecule has 0 aliphatic heterocycles. The maximum absolute atomic E-state index is 12.4. The van der Waals surface area contributed by atoms with E-state index in [1.165, 1.54) is 0 Å². The van der Waals surface area contributed by atoms with Gasteiger partial charge in [-0.05, 0) is 30.3 Å². The smallest absolute Gasteiger partial charge is 0.255 e. The Morgan fingerprint density at radius 2 is 1.93 bits per heavy atom. The van der Waals surface area contributed by atoms with Gasteiger partial charge in [0.05, 0.1) is 23.7 Å². The molecule has 0 fully saturated rings. The Kier molecular flexibility index (Phi) is 6.16. The molecule has 7 heteroatoms. The zero-order chi connectivity index (χ0) is 21.0. The van der Waals surface area contributed by atoms with Gasteiger partial charge in [0, 0.05) is 31.6 Å². The fourth-order valence-electron chi connectivity index (χ4n) is 3.05. The monoisotopic (exact) mass is 394 g/mol. The van der Waals surface area contributed by atoms with Gasteiger partial charge in [0.25, 0.3) is 5.91 Å². The van der Waals surface area contributed by atoms with E-state index in [1.807, 2.05) is 49.7 Å². The summed E-state index contributed by atoms with van der Waals surface area (Å²) in [5, 5.41) is 5.81. The molecule has 0 bridgehead atoms. The average Bonchev–Trinajstić information content (AvgIpc) is 3.02. The predicted octanol–water partition coefficient (Wildman–Crippen LogP) is 3.15. The fraction of sp³-hybridized carbons (Fsp3) is 0.318. The Hall–Kier alpha value is -3.35. The Morgan fingerprint density at radius 3 is 2.66 bits per heavy atom. The number of ether oxygens (including phenoxy) is 1. The second-order valence-electron chi connectivity index (χ2n) is 7.14.